The van der Waals surface area contributed by atoms with Gasteiger partial charge in [0.15, 0.2) is 0 Å². The largest absolute Gasteiger partial charge is 0.495 e. The lowest BCUT2D eigenvalue weighted by atomic mass is 10.1. The highest BCUT2D eigenvalue weighted by Crippen LogP contribution is 2.30. The van der Waals surface area contributed by atoms with Crippen LogP contribution in [0, 0.1) is 0 Å². The molecule has 21 heavy (non-hydrogen) atoms. The molecule has 2 aromatic carbocycles. The van der Waals surface area contributed by atoms with Gasteiger partial charge in [0, 0.05) is 16.7 Å². The first-order valence-corrected chi connectivity index (χ1v) is 8.35. The van der Waals surface area contributed by atoms with Crippen LogP contribution in [-0.2, 0) is 0 Å². The molecule has 1 unspecified atom stereocenters. The second kappa shape index (κ2) is 8.32. The van der Waals surface area contributed by atoms with Gasteiger partial charge in [0.2, 0.25) is 0 Å². The fourth-order valence-electron chi connectivity index (χ4n) is 2.11. The van der Waals surface area contributed by atoms with Gasteiger partial charge < -0.3 is 10.1 Å². The van der Waals surface area contributed by atoms with Gasteiger partial charge in [0.25, 0.3) is 0 Å². The van der Waals surface area contributed by atoms with E-state index in [9.17, 15) is 0 Å². The minimum atomic E-state index is 0.270. The third kappa shape index (κ3) is 4.67. The van der Waals surface area contributed by atoms with E-state index in [0.29, 0.717) is 5.02 Å². The maximum atomic E-state index is 6.10. The molecule has 0 spiro atoms. The molecular formula is C17H20ClNOS. The third-order valence-corrected chi connectivity index (χ3v) is 4.61. The van der Waals surface area contributed by atoms with Crippen molar-refractivity contribution in [1.82, 2.24) is 5.32 Å². The molecule has 0 aromatic heterocycles. The van der Waals surface area contributed by atoms with Gasteiger partial charge in [-0.1, -0.05) is 42.8 Å². The van der Waals surface area contributed by atoms with Crippen molar-refractivity contribution in [1.29, 1.82) is 0 Å². The number of ether oxygens (including phenoxy) is 1. The Labute approximate surface area is 135 Å². The summed E-state index contributed by atoms with van der Waals surface area (Å²) in [6.07, 6.45) is 0. The van der Waals surface area contributed by atoms with E-state index in [0.717, 1.165) is 18.0 Å². The highest BCUT2D eigenvalue weighted by Gasteiger charge is 2.13. The summed E-state index contributed by atoms with van der Waals surface area (Å²) in [6.45, 7) is 3.04. The summed E-state index contributed by atoms with van der Waals surface area (Å²) >= 11 is 7.95. The summed E-state index contributed by atoms with van der Waals surface area (Å²) < 4.78 is 5.31. The van der Waals surface area contributed by atoms with Crippen molar-refractivity contribution in [2.24, 2.45) is 0 Å². The average molecular weight is 322 g/mol. The van der Waals surface area contributed by atoms with Gasteiger partial charge >= 0.3 is 0 Å². The molecule has 2 aromatic rings. The summed E-state index contributed by atoms with van der Waals surface area (Å²) in [5.74, 6) is 1.68. The van der Waals surface area contributed by atoms with Crippen LogP contribution in [0.3, 0.4) is 0 Å². The third-order valence-electron chi connectivity index (χ3n) is 3.19. The Bertz CT molecular complexity index is 562. The van der Waals surface area contributed by atoms with Crippen molar-refractivity contribution in [3.8, 4) is 5.75 Å². The Morgan fingerprint density at radius 3 is 2.62 bits per heavy atom. The molecule has 112 valence electrons. The molecule has 0 radical (unpaired) electrons. The minimum absolute atomic E-state index is 0.270. The van der Waals surface area contributed by atoms with Crippen LogP contribution in [0.4, 0.5) is 0 Å². The first kappa shape index (κ1) is 16.2. The predicted molar refractivity (Wildman–Crippen MR) is 91.6 cm³/mol. The topological polar surface area (TPSA) is 21.3 Å². The lowest BCUT2D eigenvalue weighted by Gasteiger charge is -2.19. The number of hydrogen-bond acceptors (Lipinski definition) is 3. The zero-order valence-electron chi connectivity index (χ0n) is 12.3. The molecule has 0 saturated heterocycles. The fourth-order valence-corrected chi connectivity index (χ4v) is 3.32. The average Bonchev–Trinajstić information content (AvgIpc) is 2.53. The molecule has 0 heterocycles. The van der Waals surface area contributed by atoms with Gasteiger partial charge in [-0.3, -0.25) is 0 Å². The Morgan fingerprint density at radius 2 is 1.95 bits per heavy atom. The van der Waals surface area contributed by atoms with E-state index >= 15 is 0 Å². The molecule has 0 aliphatic heterocycles. The zero-order valence-corrected chi connectivity index (χ0v) is 13.9. The molecule has 0 amide bonds. The van der Waals surface area contributed by atoms with Crippen molar-refractivity contribution in [2.45, 2.75) is 17.9 Å². The molecule has 0 bridgehead atoms. The van der Waals surface area contributed by atoms with Crippen molar-refractivity contribution in [3.05, 3.63) is 59.1 Å². The number of hydrogen-bond donors (Lipinski definition) is 1. The maximum absolute atomic E-state index is 6.10. The molecule has 1 N–H and O–H groups in total. The van der Waals surface area contributed by atoms with E-state index in [2.05, 4.69) is 42.6 Å². The van der Waals surface area contributed by atoms with Crippen LogP contribution in [0.5, 0.6) is 5.75 Å². The van der Waals surface area contributed by atoms with E-state index in [1.807, 2.05) is 30.0 Å². The number of nitrogens with one attached hydrogen (secondary N) is 1. The number of rotatable bonds is 7. The van der Waals surface area contributed by atoms with Crippen LogP contribution < -0.4 is 10.1 Å². The second-order valence-corrected chi connectivity index (χ2v) is 6.13. The summed E-state index contributed by atoms with van der Waals surface area (Å²) in [5.41, 5.74) is 1.20. The number of methoxy groups -OCH3 is 1. The highest BCUT2D eigenvalue weighted by atomic mass is 35.5. The summed E-state index contributed by atoms with van der Waals surface area (Å²) in [6, 6.07) is 16.7. The molecule has 0 saturated carbocycles. The van der Waals surface area contributed by atoms with E-state index in [1.165, 1.54) is 10.5 Å². The standard InChI is InChI=1S/C17H20ClNOS/c1-3-19-16(12-21-14-7-5-4-6-8-14)13-9-10-15(18)17(11-13)20-2/h4-11,16,19H,3,12H2,1-2H3. The zero-order chi connectivity index (χ0) is 15.1. The summed E-state index contributed by atoms with van der Waals surface area (Å²) in [5, 5.41) is 4.17. The highest BCUT2D eigenvalue weighted by molar-refractivity contribution is 7.99. The lowest BCUT2D eigenvalue weighted by Crippen LogP contribution is -2.23. The summed E-state index contributed by atoms with van der Waals surface area (Å²) in [4.78, 5) is 1.28. The quantitative estimate of drug-likeness (QED) is 0.741. The molecule has 0 aliphatic rings. The van der Waals surface area contributed by atoms with Crippen LogP contribution in [-0.4, -0.2) is 19.4 Å². The molecule has 2 nitrogen and oxygen atoms in total. The molecular weight excluding hydrogens is 302 g/mol. The van der Waals surface area contributed by atoms with Crippen LogP contribution in [0.15, 0.2) is 53.4 Å². The van der Waals surface area contributed by atoms with Gasteiger partial charge in [-0.25, -0.2) is 0 Å². The molecule has 2 rings (SSSR count). The Kier molecular flexibility index (Phi) is 6.43. The second-order valence-electron chi connectivity index (χ2n) is 4.63. The van der Waals surface area contributed by atoms with Gasteiger partial charge in [-0.05, 0) is 36.4 Å². The van der Waals surface area contributed by atoms with E-state index in [4.69, 9.17) is 16.3 Å². The number of benzene rings is 2. The smallest absolute Gasteiger partial charge is 0.137 e. The fraction of sp³-hybridized carbons (Fsp3) is 0.294. The maximum Gasteiger partial charge on any atom is 0.137 e. The van der Waals surface area contributed by atoms with Crippen LogP contribution in [0.1, 0.15) is 18.5 Å². The summed E-state index contributed by atoms with van der Waals surface area (Å²) in [7, 11) is 1.64. The number of halogens is 1. The van der Waals surface area contributed by atoms with Gasteiger partial charge in [0.05, 0.1) is 12.1 Å². The normalized spacial score (nSPS) is 12.1. The Hall–Kier alpha value is -1.16. The Balaban J connectivity index is 2.11. The van der Waals surface area contributed by atoms with Gasteiger partial charge in [-0.2, -0.15) is 0 Å². The lowest BCUT2D eigenvalue weighted by molar-refractivity contribution is 0.413. The molecule has 0 fully saturated rings. The molecule has 4 heteroatoms. The molecule has 0 aliphatic carbocycles. The van der Waals surface area contributed by atoms with Crippen molar-refractivity contribution >= 4 is 23.4 Å². The van der Waals surface area contributed by atoms with Crippen LogP contribution in [0.25, 0.3) is 0 Å². The molecule has 1 atom stereocenters. The predicted octanol–water partition coefficient (Wildman–Crippen LogP) is 4.79. The first-order valence-electron chi connectivity index (χ1n) is 6.99. The SMILES string of the molecule is CCNC(CSc1ccccc1)c1ccc(Cl)c(OC)c1. The van der Waals surface area contributed by atoms with E-state index in [1.54, 1.807) is 7.11 Å². The first-order chi connectivity index (χ1) is 10.2. The monoisotopic (exact) mass is 321 g/mol. The van der Waals surface area contributed by atoms with Crippen molar-refractivity contribution < 1.29 is 4.74 Å². The Morgan fingerprint density at radius 1 is 1.19 bits per heavy atom. The number of thioether (sulfide) groups is 1. The van der Waals surface area contributed by atoms with Gasteiger partial charge in [0.1, 0.15) is 5.75 Å². The van der Waals surface area contributed by atoms with Crippen molar-refractivity contribution in [2.75, 3.05) is 19.4 Å². The van der Waals surface area contributed by atoms with E-state index < -0.39 is 0 Å². The van der Waals surface area contributed by atoms with Gasteiger partial charge in [-0.15, -0.1) is 11.8 Å². The minimum Gasteiger partial charge on any atom is -0.495 e. The van der Waals surface area contributed by atoms with Crippen LogP contribution >= 0.6 is 23.4 Å². The van der Waals surface area contributed by atoms with Crippen molar-refractivity contribution in [3.63, 3.8) is 0 Å². The van der Waals surface area contributed by atoms with Crippen LogP contribution in [0.2, 0.25) is 5.02 Å². The van der Waals surface area contributed by atoms with E-state index in [-0.39, 0.29) is 6.04 Å².